The number of allylic oxidation sites excluding steroid dienone is 2. The van der Waals surface area contributed by atoms with Gasteiger partial charge in [0.2, 0.25) is 0 Å². The first-order valence-electron chi connectivity index (χ1n) is 6.55. The number of aryl methyl sites for hydroxylation is 2. The molecular weight excluding hydrogens is 212 g/mol. The van der Waals surface area contributed by atoms with Crippen LogP contribution < -0.4 is 0 Å². The molecule has 1 aliphatic rings. The molecule has 0 fully saturated rings. The van der Waals surface area contributed by atoms with Gasteiger partial charge in [-0.05, 0) is 37.7 Å². The molecule has 0 amide bonds. The lowest BCUT2D eigenvalue weighted by atomic mass is 9.87. The highest BCUT2D eigenvalue weighted by molar-refractivity contribution is 5.11. The molecule has 3 nitrogen and oxygen atoms in total. The van der Waals surface area contributed by atoms with Crippen molar-refractivity contribution in [2.75, 3.05) is 0 Å². The number of aromatic nitrogens is 2. The van der Waals surface area contributed by atoms with Crippen LogP contribution >= 0.6 is 0 Å². The van der Waals surface area contributed by atoms with Crippen molar-refractivity contribution in [3.63, 3.8) is 0 Å². The third-order valence-electron chi connectivity index (χ3n) is 3.66. The Balaban J connectivity index is 1.99. The van der Waals surface area contributed by atoms with Crippen LogP contribution in [0.25, 0.3) is 0 Å². The standard InChI is InChI=1S/C14H22N2O/c1-3-12-9-13(16(2)15-12)10-14(17)11-7-5-4-6-8-11/h4-5,9,11,14,17H,3,6-8,10H2,1-2H3. The van der Waals surface area contributed by atoms with Gasteiger partial charge in [0, 0.05) is 19.2 Å². The second kappa shape index (κ2) is 5.50. The van der Waals surface area contributed by atoms with Crippen LogP contribution in [0.4, 0.5) is 0 Å². The van der Waals surface area contributed by atoms with E-state index >= 15 is 0 Å². The normalized spacial score (nSPS) is 21.7. The zero-order valence-electron chi connectivity index (χ0n) is 10.8. The van der Waals surface area contributed by atoms with Crippen molar-refractivity contribution in [2.24, 2.45) is 13.0 Å². The SMILES string of the molecule is CCc1cc(CC(O)C2CC=CCC2)n(C)n1. The maximum absolute atomic E-state index is 10.3. The number of rotatable bonds is 4. The molecule has 0 aliphatic heterocycles. The fourth-order valence-corrected chi connectivity index (χ4v) is 2.48. The van der Waals surface area contributed by atoms with Gasteiger partial charge in [0.1, 0.15) is 0 Å². The number of hydrogen-bond acceptors (Lipinski definition) is 2. The average molecular weight is 234 g/mol. The van der Waals surface area contributed by atoms with Gasteiger partial charge in [-0.1, -0.05) is 19.1 Å². The molecule has 0 spiro atoms. The van der Waals surface area contributed by atoms with Crippen LogP contribution in [0.3, 0.4) is 0 Å². The summed E-state index contributed by atoms with van der Waals surface area (Å²) in [4.78, 5) is 0. The second-order valence-electron chi connectivity index (χ2n) is 4.92. The van der Waals surface area contributed by atoms with Gasteiger partial charge in [0.15, 0.2) is 0 Å². The van der Waals surface area contributed by atoms with E-state index in [1.807, 2.05) is 11.7 Å². The van der Waals surface area contributed by atoms with Gasteiger partial charge in [-0.25, -0.2) is 0 Å². The van der Waals surface area contributed by atoms with E-state index in [1.54, 1.807) is 0 Å². The fourth-order valence-electron chi connectivity index (χ4n) is 2.48. The van der Waals surface area contributed by atoms with Crippen molar-refractivity contribution < 1.29 is 5.11 Å². The highest BCUT2D eigenvalue weighted by atomic mass is 16.3. The zero-order chi connectivity index (χ0) is 12.3. The summed E-state index contributed by atoms with van der Waals surface area (Å²) in [6.07, 6.45) is 9.07. The van der Waals surface area contributed by atoms with E-state index in [2.05, 4.69) is 30.2 Å². The number of nitrogens with zero attached hydrogens (tertiary/aromatic N) is 2. The van der Waals surface area contributed by atoms with Gasteiger partial charge in [-0.3, -0.25) is 4.68 Å². The van der Waals surface area contributed by atoms with Crippen molar-refractivity contribution in [3.05, 3.63) is 29.6 Å². The van der Waals surface area contributed by atoms with Crippen LogP contribution in [-0.4, -0.2) is 21.0 Å². The molecule has 1 aliphatic carbocycles. The topological polar surface area (TPSA) is 38.0 Å². The summed E-state index contributed by atoms with van der Waals surface area (Å²) in [5.74, 6) is 0.417. The highest BCUT2D eigenvalue weighted by Gasteiger charge is 2.21. The summed E-state index contributed by atoms with van der Waals surface area (Å²) in [5.41, 5.74) is 2.25. The third kappa shape index (κ3) is 2.97. The molecule has 1 aromatic rings. The molecule has 1 heterocycles. The summed E-state index contributed by atoms with van der Waals surface area (Å²) in [6, 6.07) is 2.11. The Labute approximate surface area is 103 Å². The van der Waals surface area contributed by atoms with E-state index in [-0.39, 0.29) is 6.10 Å². The molecule has 0 radical (unpaired) electrons. The van der Waals surface area contributed by atoms with E-state index in [0.717, 1.165) is 43.5 Å². The fraction of sp³-hybridized carbons (Fsp3) is 0.643. The summed E-state index contributed by atoms with van der Waals surface area (Å²) < 4.78 is 1.90. The Morgan fingerprint density at radius 3 is 2.94 bits per heavy atom. The average Bonchev–Trinajstić information content (AvgIpc) is 2.71. The lowest BCUT2D eigenvalue weighted by Crippen LogP contribution is -2.24. The van der Waals surface area contributed by atoms with Gasteiger partial charge in [0.25, 0.3) is 0 Å². The van der Waals surface area contributed by atoms with E-state index in [4.69, 9.17) is 0 Å². The number of aliphatic hydroxyl groups excluding tert-OH is 1. The highest BCUT2D eigenvalue weighted by Crippen LogP contribution is 2.24. The Morgan fingerprint density at radius 1 is 1.53 bits per heavy atom. The van der Waals surface area contributed by atoms with Crippen molar-refractivity contribution >= 4 is 0 Å². The first-order valence-corrected chi connectivity index (χ1v) is 6.55. The molecule has 2 atom stereocenters. The predicted octanol–water partition coefficient (Wildman–Crippen LogP) is 2.24. The van der Waals surface area contributed by atoms with E-state index in [0.29, 0.717) is 5.92 Å². The summed E-state index contributed by atoms with van der Waals surface area (Å²) >= 11 is 0. The van der Waals surface area contributed by atoms with Gasteiger partial charge in [-0.2, -0.15) is 5.10 Å². The van der Waals surface area contributed by atoms with Crippen molar-refractivity contribution in [2.45, 2.75) is 45.1 Å². The van der Waals surface area contributed by atoms with Crippen LogP contribution in [0.2, 0.25) is 0 Å². The third-order valence-corrected chi connectivity index (χ3v) is 3.66. The van der Waals surface area contributed by atoms with Crippen molar-refractivity contribution in [3.8, 4) is 0 Å². The number of aliphatic hydroxyl groups is 1. The molecule has 2 rings (SSSR count). The van der Waals surface area contributed by atoms with Crippen molar-refractivity contribution in [1.29, 1.82) is 0 Å². The Bertz CT molecular complexity index is 395. The first kappa shape index (κ1) is 12.4. The molecule has 1 N–H and O–H groups in total. The molecular formula is C14H22N2O. The lowest BCUT2D eigenvalue weighted by Gasteiger charge is -2.23. The zero-order valence-corrected chi connectivity index (χ0v) is 10.8. The van der Waals surface area contributed by atoms with Crippen LogP contribution in [0.15, 0.2) is 18.2 Å². The number of hydrogen-bond donors (Lipinski definition) is 1. The maximum atomic E-state index is 10.3. The van der Waals surface area contributed by atoms with E-state index < -0.39 is 0 Å². The van der Waals surface area contributed by atoms with Gasteiger partial charge < -0.3 is 5.11 Å². The van der Waals surface area contributed by atoms with Gasteiger partial charge >= 0.3 is 0 Å². The smallest absolute Gasteiger partial charge is 0.0626 e. The van der Waals surface area contributed by atoms with Crippen LogP contribution in [0.1, 0.15) is 37.6 Å². The van der Waals surface area contributed by atoms with Crippen molar-refractivity contribution in [1.82, 2.24) is 9.78 Å². The molecule has 17 heavy (non-hydrogen) atoms. The molecule has 94 valence electrons. The van der Waals surface area contributed by atoms with Crippen LogP contribution in [0, 0.1) is 5.92 Å². The quantitative estimate of drug-likeness (QED) is 0.811. The van der Waals surface area contributed by atoms with E-state index in [9.17, 15) is 5.11 Å². The lowest BCUT2D eigenvalue weighted by molar-refractivity contribution is 0.100. The Kier molecular flexibility index (Phi) is 4.00. The molecule has 0 aromatic carbocycles. The Hall–Kier alpha value is -1.09. The minimum absolute atomic E-state index is 0.236. The maximum Gasteiger partial charge on any atom is 0.0626 e. The summed E-state index contributed by atoms with van der Waals surface area (Å²) in [5, 5.41) is 14.7. The molecule has 0 saturated heterocycles. The molecule has 3 heteroatoms. The van der Waals surface area contributed by atoms with Crippen LogP contribution in [-0.2, 0) is 19.9 Å². The van der Waals surface area contributed by atoms with E-state index in [1.165, 1.54) is 0 Å². The second-order valence-corrected chi connectivity index (χ2v) is 4.92. The molecule has 2 unspecified atom stereocenters. The van der Waals surface area contributed by atoms with Gasteiger partial charge in [0.05, 0.1) is 11.8 Å². The van der Waals surface area contributed by atoms with Crippen LogP contribution in [0.5, 0.6) is 0 Å². The molecule has 1 aromatic heterocycles. The molecule has 0 bridgehead atoms. The summed E-state index contributed by atoms with van der Waals surface area (Å²) in [6.45, 7) is 2.11. The monoisotopic (exact) mass is 234 g/mol. The predicted molar refractivity (Wildman–Crippen MR) is 68.8 cm³/mol. The first-order chi connectivity index (χ1) is 8.20. The minimum atomic E-state index is -0.236. The Morgan fingerprint density at radius 2 is 2.35 bits per heavy atom. The molecule has 0 saturated carbocycles. The summed E-state index contributed by atoms with van der Waals surface area (Å²) in [7, 11) is 1.96. The minimum Gasteiger partial charge on any atom is -0.392 e. The van der Waals surface area contributed by atoms with Gasteiger partial charge in [-0.15, -0.1) is 0 Å². The largest absolute Gasteiger partial charge is 0.392 e.